The minimum atomic E-state index is -5.67. The predicted octanol–water partition coefficient (Wildman–Crippen LogP) is 2.18. The van der Waals surface area contributed by atoms with Crippen LogP contribution in [0.5, 0.6) is 12.0 Å². The Balaban J connectivity index is 3.11. The second kappa shape index (κ2) is 6.18. The first-order valence-corrected chi connectivity index (χ1v) is 5.42. The van der Waals surface area contributed by atoms with Gasteiger partial charge in [0.2, 0.25) is 5.95 Å². The third-order valence-corrected chi connectivity index (χ3v) is 1.93. The van der Waals surface area contributed by atoms with E-state index in [1.807, 2.05) is 0 Å². The standard InChI is InChI=1S/C9H10F6N4O2/c1-3-16-5-17-6(20-2)19-7(18-5)21-4(8(10,11)12)9(13,14)15/h4H,3H2,1-2H3,(H,16,17,18,19). The highest BCUT2D eigenvalue weighted by molar-refractivity contribution is 5.27. The fourth-order valence-corrected chi connectivity index (χ4v) is 1.14. The van der Waals surface area contributed by atoms with Crippen LogP contribution in [0.25, 0.3) is 0 Å². The largest absolute Gasteiger partial charge is 0.467 e. The van der Waals surface area contributed by atoms with Crippen LogP contribution in [0.15, 0.2) is 0 Å². The summed E-state index contributed by atoms with van der Waals surface area (Å²) in [5.74, 6) is -0.276. The number of hydrogen-bond acceptors (Lipinski definition) is 6. The molecule has 0 saturated heterocycles. The normalized spacial score (nSPS) is 12.4. The van der Waals surface area contributed by atoms with Crippen molar-refractivity contribution in [3.05, 3.63) is 0 Å². The quantitative estimate of drug-likeness (QED) is 0.839. The maximum absolute atomic E-state index is 12.4. The minimum absolute atomic E-state index is 0.272. The SMILES string of the molecule is CCNc1nc(OC)nc(OC(C(F)(F)F)C(F)(F)F)n1. The molecule has 21 heavy (non-hydrogen) atoms. The average molecular weight is 320 g/mol. The van der Waals surface area contributed by atoms with Crippen molar-refractivity contribution in [2.75, 3.05) is 19.0 Å². The van der Waals surface area contributed by atoms with Gasteiger partial charge in [0, 0.05) is 6.54 Å². The van der Waals surface area contributed by atoms with Crippen LogP contribution in [0, 0.1) is 0 Å². The van der Waals surface area contributed by atoms with Crippen LogP contribution >= 0.6 is 0 Å². The van der Waals surface area contributed by atoms with Crippen molar-refractivity contribution in [2.24, 2.45) is 0 Å². The summed E-state index contributed by atoms with van der Waals surface area (Å²) in [6.45, 7) is 1.89. The van der Waals surface area contributed by atoms with Gasteiger partial charge in [-0.15, -0.1) is 4.98 Å². The van der Waals surface area contributed by atoms with Crippen molar-refractivity contribution in [1.29, 1.82) is 0 Å². The molecule has 120 valence electrons. The van der Waals surface area contributed by atoms with E-state index in [1.54, 1.807) is 6.92 Å². The Labute approximate surface area is 114 Å². The monoisotopic (exact) mass is 320 g/mol. The van der Waals surface area contributed by atoms with Gasteiger partial charge in [-0.05, 0) is 6.92 Å². The first-order valence-electron chi connectivity index (χ1n) is 5.42. The number of alkyl halides is 6. The molecule has 0 aliphatic rings. The smallest absolute Gasteiger partial charge is 0.434 e. The van der Waals surface area contributed by atoms with Crippen LogP contribution in [0.1, 0.15) is 6.92 Å². The molecule has 1 aromatic heterocycles. The van der Waals surface area contributed by atoms with Crippen LogP contribution < -0.4 is 14.8 Å². The zero-order valence-electron chi connectivity index (χ0n) is 10.7. The molecule has 0 unspecified atom stereocenters. The molecule has 1 aromatic rings. The van der Waals surface area contributed by atoms with E-state index in [9.17, 15) is 26.3 Å². The van der Waals surface area contributed by atoms with Gasteiger partial charge in [-0.3, -0.25) is 0 Å². The van der Waals surface area contributed by atoms with E-state index in [4.69, 9.17) is 0 Å². The van der Waals surface area contributed by atoms with Gasteiger partial charge < -0.3 is 14.8 Å². The number of aromatic nitrogens is 3. The highest BCUT2D eigenvalue weighted by atomic mass is 19.4. The molecule has 1 heterocycles. The second-order valence-electron chi connectivity index (χ2n) is 3.54. The van der Waals surface area contributed by atoms with Crippen LogP contribution in [-0.4, -0.2) is 47.1 Å². The van der Waals surface area contributed by atoms with Gasteiger partial charge in [0.05, 0.1) is 7.11 Å². The molecule has 0 saturated carbocycles. The first-order chi connectivity index (χ1) is 9.57. The van der Waals surface area contributed by atoms with Gasteiger partial charge in [-0.1, -0.05) is 0 Å². The second-order valence-corrected chi connectivity index (χ2v) is 3.54. The van der Waals surface area contributed by atoms with Crippen molar-refractivity contribution in [2.45, 2.75) is 25.4 Å². The summed E-state index contributed by atoms with van der Waals surface area (Å²) in [7, 11) is 1.08. The lowest BCUT2D eigenvalue weighted by Crippen LogP contribution is -2.46. The molecule has 1 rings (SSSR count). The molecule has 6 nitrogen and oxygen atoms in total. The van der Waals surface area contributed by atoms with Gasteiger partial charge in [0.15, 0.2) is 0 Å². The molecule has 0 spiro atoms. The Morgan fingerprint density at radius 1 is 1.00 bits per heavy atom. The number of nitrogens with one attached hydrogen (secondary N) is 1. The minimum Gasteiger partial charge on any atom is -0.467 e. The molecule has 0 radical (unpaired) electrons. The summed E-state index contributed by atoms with van der Waals surface area (Å²) in [6.07, 6.45) is -15.4. The summed E-state index contributed by atoms with van der Waals surface area (Å²) < 4.78 is 82.6. The lowest BCUT2D eigenvalue weighted by Gasteiger charge is -2.22. The summed E-state index contributed by atoms with van der Waals surface area (Å²) in [6, 6.07) is -1.64. The fourth-order valence-electron chi connectivity index (χ4n) is 1.14. The van der Waals surface area contributed by atoms with Crippen LogP contribution in [0.3, 0.4) is 0 Å². The van der Waals surface area contributed by atoms with Crippen molar-refractivity contribution >= 4 is 5.95 Å². The van der Waals surface area contributed by atoms with Crippen LogP contribution in [-0.2, 0) is 0 Å². The van der Waals surface area contributed by atoms with Gasteiger partial charge in [-0.2, -0.15) is 36.3 Å². The predicted molar refractivity (Wildman–Crippen MR) is 57.1 cm³/mol. The Hall–Kier alpha value is -2.01. The summed E-state index contributed by atoms with van der Waals surface area (Å²) in [5, 5.41) is 2.49. The Bertz CT molecular complexity index is 464. The average Bonchev–Trinajstić information content (AvgIpc) is 2.33. The zero-order valence-corrected chi connectivity index (χ0v) is 10.7. The van der Waals surface area contributed by atoms with E-state index in [2.05, 4.69) is 29.7 Å². The van der Waals surface area contributed by atoms with Gasteiger partial charge in [0.25, 0.3) is 6.10 Å². The zero-order chi connectivity index (χ0) is 16.3. The van der Waals surface area contributed by atoms with Crippen molar-refractivity contribution < 1.29 is 35.8 Å². The lowest BCUT2D eigenvalue weighted by molar-refractivity contribution is -0.301. The van der Waals surface area contributed by atoms with Crippen molar-refractivity contribution in [1.82, 2.24) is 15.0 Å². The van der Waals surface area contributed by atoms with Crippen LogP contribution in [0.2, 0.25) is 0 Å². The van der Waals surface area contributed by atoms with Crippen molar-refractivity contribution in [3.63, 3.8) is 0 Å². The first kappa shape index (κ1) is 17.0. The topological polar surface area (TPSA) is 69.2 Å². The molecule has 0 fully saturated rings. The number of hydrogen-bond donors (Lipinski definition) is 1. The van der Waals surface area contributed by atoms with Gasteiger partial charge in [-0.25, -0.2) is 0 Å². The molecule has 12 heteroatoms. The maximum atomic E-state index is 12.4. The van der Waals surface area contributed by atoms with E-state index in [0.717, 1.165) is 7.11 Å². The third kappa shape index (κ3) is 4.79. The van der Waals surface area contributed by atoms with E-state index < -0.39 is 30.5 Å². The van der Waals surface area contributed by atoms with Crippen LogP contribution in [0.4, 0.5) is 32.3 Å². The Morgan fingerprint density at radius 2 is 1.52 bits per heavy atom. The molecule has 0 amide bonds. The fraction of sp³-hybridized carbons (Fsp3) is 0.667. The molecule has 0 aliphatic heterocycles. The highest BCUT2D eigenvalue weighted by Gasteiger charge is 2.59. The number of nitrogens with zero attached hydrogens (tertiary/aromatic N) is 3. The number of halogens is 6. The molecule has 0 atom stereocenters. The lowest BCUT2D eigenvalue weighted by atomic mass is 10.3. The van der Waals surface area contributed by atoms with Crippen molar-refractivity contribution in [3.8, 4) is 12.0 Å². The summed E-state index contributed by atoms with van der Waals surface area (Å²) >= 11 is 0. The number of anilines is 1. The highest BCUT2D eigenvalue weighted by Crippen LogP contribution is 2.36. The maximum Gasteiger partial charge on any atom is 0.434 e. The Morgan fingerprint density at radius 3 is 1.95 bits per heavy atom. The van der Waals surface area contributed by atoms with Gasteiger partial charge in [0.1, 0.15) is 0 Å². The number of rotatable bonds is 5. The third-order valence-electron chi connectivity index (χ3n) is 1.93. The summed E-state index contributed by atoms with van der Waals surface area (Å²) in [4.78, 5) is 10.1. The Kier molecular flexibility index (Phi) is 5.01. The van der Waals surface area contributed by atoms with E-state index in [0.29, 0.717) is 0 Å². The van der Waals surface area contributed by atoms with E-state index in [-0.39, 0.29) is 12.5 Å². The molecule has 0 bridgehead atoms. The number of ether oxygens (including phenoxy) is 2. The molecular weight excluding hydrogens is 310 g/mol. The molecule has 1 N–H and O–H groups in total. The molecular formula is C9H10F6N4O2. The van der Waals surface area contributed by atoms with Gasteiger partial charge >= 0.3 is 24.4 Å². The van der Waals surface area contributed by atoms with E-state index >= 15 is 0 Å². The van der Waals surface area contributed by atoms with E-state index in [1.165, 1.54) is 0 Å². The number of methoxy groups -OCH3 is 1. The summed E-state index contributed by atoms with van der Waals surface area (Å²) in [5.41, 5.74) is 0. The molecule has 0 aliphatic carbocycles. The molecule has 0 aromatic carbocycles.